The Labute approximate surface area is 191 Å². The summed E-state index contributed by atoms with van der Waals surface area (Å²) in [6, 6.07) is 3.19. The van der Waals surface area contributed by atoms with Gasteiger partial charge in [0.05, 0.1) is 18.7 Å². The number of rotatable bonds is 4. The minimum atomic E-state index is -1.73. The maximum absolute atomic E-state index is 14.3. The maximum atomic E-state index is 14.3. The zero-order valence-electron chi connectivity index (χ0n) is 18.1. The van der Waals surface area contributed by atoms with Crippen LogP contribution in [0.1, 0.15) is 27.0 Å². The number of anilines is 2. The number of hydrogen-bond acceptors (Lipinski definition) is 7. The lowest BCUT2D eigenvalue weighted by Gasteiger charge is -2.35. The molecule has 4 rings (SSSR count). The molecule has 0 unspecified atom stereocenters. The van der Waals surface area contributed by atoms with Gasteiger partial charge in [-0.15, -0.1) is 0 Å². The van der Waals surface area contributed by atoms with E-state index in [4.69, 9.17) is 5.73 Å². The lowest BCUT2D eigenvalue weighted by molar-refractivity contribution is 0.0733. The summed E-state index contributed by atoms with van der Waals surface area (Å²) in [6.45, 7) is 0.588. The molecule has 1 aromatic heterocycles. The Morgan fingerprint density at radius 2 is 1.50 bits per heavy atom. The quantitative estimate of drug-likeness (QED) is 0.387. The zero-order chi connectivity index (χ0) is 24.7. The monoisotopic (exact) mass is 479 g/mol. The van der Waals surface area contributed by atoms with Gasteiger partial charge in [0.1, 0.15) is 11.4 Å². The molecule has 0 spiro atoms. The molecule has 1 aliphatic heterocycles. The van der Waals surface area contributed by atoms with E-state index in [1.807, 2.05) is 0 Å². The predicted octanol–water partition coefficient (Wildman–Crippen LogP) is 2.02. The Hall–Kier alpha value is -3.51. The van der Waals surface area contributed by atoms with Gasteiger partial charge in [0.15, 0.2) is 23.3 Å². The molecule has 1 amide bonds. The Balaban J connectivity index is 1.57. The number of aliphatic hydroxyl groups is 2. The first-order chi connectivity index (χ1) is 16.2. The second kappa shape index (κ2) is 9.03. The van der Waals surface area contributed by atoms with E-state index in [1.165, 1.54) is 0 Å². The molecule has 34 heavy (non-hydrogen) atoms. The average Bonchev–Trinajstić information content (AvgIpc) is 2.85. The SMILES string of the molecule is Cc1c(F)c(F)c(C(=O)N2CCN(c3nc(N)c4cc(CO)c(CO)cc4n3)CC2)c(F)c1F. The molecule has 0 saturated carbocycles. The molecule has 0 radical (unpaired) electrons. The van der Waals surface area contributed by atoms with E-state index in [0.29, 0.717) is 22.0 Å². The minimum absolute atomic E-state index is 0.0124. The molecule has 180 valence electrons. The number of hydrogen-bond donors (Lipinski definition) is 3. The fraction of sp³-hybridized carbons (Fsp3) is 0.318. The standard InChI is InChI=1S/C22H21F4N5O3/c1-10-16(23)18(25)15(19(26)17(10)24)21(34)30-2-4-31(5-3-30)22-28-14-7-12(9-33)11(8-32)6-13(14)20(27)29-22/h6-7,32-33H,2-5,8-9H2,1H3,(H2,27,28,29). The topological polar surface area (TPSA) is 116 Å². The van der Waals surface area contributed by atoms with Crippen molar-refractivity contribution in [2.24, 2.45) is 0 Å². The second-order valence-corrected chi connectivity index (χ2v) is 7.90. The fourth-order valence-corrected chi connectivity index (χ4v) is 3.91. The van der Waals surface area contributed by atoms with E-state index >= 15 is 0 Å². The van der Waals surface area contributed by atoms with Crippen molar-refractivity contribution in [3.63, 3.8) is 0 Å². The van der Waals surface area contributed by atoms with Crippen LogP contribution in [-0.2, 0) is 13.2 Å². The number of nitrogens with two attached hydrogens (primary N) is 1. The number of piperazine rings is 1. The highest BCUT2D eigenvalue weighted by molar-refractivity contribution is 5.95. The number of carbonyl (C=O) groups is 1. The zero-order valence-corrected chi connectivity index (χ0v) is 18.1. The van der Waals surface area contributed by atoms with Gasteiger partial charge in [0, 0.05) is 37.1 Å². The van der Waals surface area contributed by atoms with Gasteiger partial charge in [0.2, 0.25) is 5.95 Å². The third-order valence-electron chi connectivity index (χ3n) is 5.92. The van der Waals surface area contributed by atoms with Gasteiger partial charge in [-0.2, -0.15) is 4.98 Å². The summed E-state index contributed by atoms with van der Waals surface area (Å²) in [5.74, 6) is -7.43. The first-order valence-electron chi connectivity index (χ1n) is 10.3. The van der Waals surface area contributed by atoms with Crippen molar-refractivity contribution in [1.82, 2.24) is 14.9 Å². The molecule has 2 aromatic carbocycles. The van der Waals surface area contributed by atoms with Crippen molar-refractivity contribution in [1.29, 1.82) is 0 Å². The van der Waals surface area contributed by atoms with E-state index < -0.39 is 40.3 Å². The molecule has 1 fully saturated rings. The summed E-state index contributed by atoms with van der Waals surface area (Å²) in [5.41, 5.74) is 5.38. The van der Waals surface area contributed by atoms with Crippen LogP contribution in [0.2, 0.25) is 0 Å². The molecule has 0 atom stereocenters. The van der Waals surface area contributed by atoms with Crippen LogP contribution < -0.4 is 10.6 Å². The van der Waals surface area contributed by atoms with Gasteiger partial charge >= 0.3 is 0 Å². The number of aliphatic hydroxyl groups excluding tert-OH is 2. The Kier molecular flexibility index (Phi) is 6.28. The molecule has 1 saturated heterocycles. The number of fused-ring (bicyclic) bond motifs is 1. The Morgan fingerprint density at radius 3 is 2.06 bits per heavy atom. The summed E-state index contributed by atoms with van der Waals surface area (Å²) in [5, 5.41) is 19.5. The van der Waals surface area contributed by atoms with E-state index in [2.05, 4.69) is 9.97 Å². The smallest absolute Gasteiger partial charge is 0.260 e. The van der Waals surface area contributed by atoms with Crippen molar-refractivity contribution >= 4 is 28.6 Å². The third-order valence-corrected chi connectivity index (χ3v) is 5.92. The van der Waals surface area contributed by atoms with Crippen LogP contribution in [-0.4, -0.2) is 57.2 Å². The molecule has 1 aliphatic rings. The predicted molar refractivity (Wildman–Crippen MR) is 115 cm³/mol. The fourth-order valence-electron chi connectivity index (χ4n) is 3.91. The van der Waals surface area contributed by atoms with E-state index in [0.717, 1.165) is 11.8 Å². The first kappa shape index (κ1) is 23.6. The van der Waals surface area contributed by atoms with Crippen LogP contribution >= 0.6 is 0 Å². The highest BCUT2D eigenvalue weighted by Gasteiger charge is 2.32. The number of aromatic nitrogens is 2. The van der Waals surface area contributed by atoms with Crippen LogP contribution in [0.5, 0.6) is 0 Å². The van der Waals surface area contributed by atoms with E-state index in [1.54, 1.807) is 17.0 Å². The van der Waals surface area contributed by atoms with Crippen molar-refractivity contribution in [3.05, 3.63) is 57.7 Å². The van der Waals surface area contributed by atoms with Crippen LogP contribution in [0.4, 0.5) is 29.3 Å². The normalized spacial score (nSPS) is 14.2. The molecule has 8 nitrogen and oxygen atoms in total. The number of carbonyl (C=O) groups excluding carboxylic acids is 1. The first-order valence-corrected chi connectivity index (χ1v) is 10.3. The van der Waals surface area contributed by atoms with Crippen LogP contribution in [0.15, 0.2) is 12.1 Å². The Morgan fingerprint density at radius 1 is 0.941 bits per heavy atom. The molecule has 2 heterocycles. The summed E-state index contributed by atoms with van der Waals surface area (Å²) in [6.07, 6.45) is 0. The summed E-state index contributed by atoms with van der Waals surface area (Å²) in [7, 11) is 0. The van der Waals surface area contributed by atoms with E-state index in [-0.39, 0.29) is 51.2 Å². The van der Waals surface area contributed by atoms with Crippen LogP contribution in [0, 0.1) is 30.2 Å². The third kappa shape index (κ3) is 3.88. The molecule has 12 heteroatoms. The second-order valence-electron chi connectivity index (χ2n) is 7.90. The molecular formula is C22H21F4N5O3. The highest BCUT2D eigenvalue weighted by atomic mass is 19.2. The van der Waals surface area contributed by atoms with Gasteiger partial charge in [0.25, 0.3) is 5.91 Å². The van der Waals surface area contributed by atoms with Gasteiger partial charge in [-0.1, -0.05) is 0 Å². The lowest BCUT2D eigenvalue weighted by Crippen LogP contribution is -2.49. The van der Waals surface area contributed by atoms with Crippen molar-refractivity contribution in [3.8, 4) is 0 Å². The number of nitrogen functional groups attached to an aromatic ring is 1. The average molecular weight is 479 g/mol. The number of halogens is 4. The van der Waals surface area contributed by atoms with Crippen molar-refractivity contribution < 1.29 is 32.6 Å². The minimum Gasteiger partial charge on any atom is -0.392 e. The Bertz CT molecular complexity index is 1270. The van der Waals surface area contributed by atoms with Crippen LogP contribution in [0.3, 0.4) is 0 Å². The molecule has 0 aliphatic carbocycles. The molecule has 0 bridgehead atoms. The van der Waals surface area contributed by atoms with Crippen molar-refractivity contribution in [2.45, 2.75) is 20.1 Å². The molecule has 3 aromatic rings. The lowest BCUT2D eigenvalue weighted by atomic mass is 10.1. The van der Waals surface area contributed by atoms with Gasteiger partial charge in [-0.25, -0.2) is 22.5 Å². The summed E-state index contributed by atoms with van der Waals surface area (Å²) in [4.78, 5) is 24.2. The number of nitrogens with zero attached hydrogens (tertiary/aromatic N) is 4. The van der Waals surface area contributed by atoms with Crippen LogP contribution in [0.25, 0.3) is 10.9 Å². The summed E-state index contributed by atoms with van der Waals surface area (Å²) >= 11 is 0. The largest absolute Gasteiger partial charge is 0.392 e. The maximum Gasteiger partial charge on any atom is 0.260 e. The summed E-state index contributed by atoms with van der Waals surface area (Å²) < 4.78 is 56.3. The molecular weight excluding hydrogens is 458 g/mol. The van der Waals surface area contributed by atoms with Gasteiger partial charge in [-0.3, -0.25) is 4.79 Å². The number of amides is 1. The van der Waals surface area contributed by atoms with Gasteiger partial charge in [-0.05, 0) is 30.2 Å². The number of benzene rings is 2. The molecule has 4 N–H and O–H groups in total. The highest BCUT2D eigenvalue weighted by Crippen LogP contribution is 2.28. The van der Waals surface area contributed by atoms with E-state index in [9.17, 15) is 32.6 Å². The van der Waals surface area contributed by atoms with Gasteiger partial charge < -0.3 is 25.7 Å². The van der Waals surface area contributed by atoms with Crippen molar-refractivity contribution in [2.75, 3.05) is 36.8 Å².